The van der Waals surface area contributed by atoms with Crippen LogP contribution in [-0.4, -0.2) is 76.6 Å². The maximum absolute atomic E-state index is 13.1. The zero-order chi connectivity index (χ0) is 25.9. The summed E-state index contributed by atoms with van der Waals surface area (Å²) in [5.41, 5.74) is 1.86. The molecule has 4 amide bonds. The van der Waals surface area contributed by atoms with Gasteiger partial charge in [0.2, 0.25) is 0 Å². The van der Waals surface area contributed by atoms with Crippen LogP contribution < -0.4 is 0 Å². The summed E-state index contributed by atoms with van der Waals surface area (Å²) in [7, 11) is 0. The van der Waals surface area contributed by atoms with Gasteiger partial charge in [-0.05, 0) is 66.1 Å². The van der Waals surface area contributed by atoms with Crippen LogP contribution in [0.25, 0.3) is 6.08 Å². The van der Waals surface area contributed by atoms with E-state index in [2.05, 4.69) is 0 Å². The predicted molar refractivity (Wildman–Crippen MR) is 136 cm³/mol. The predicted octanol–water partition coefficient (Wildman–Crippen LogP) is 3.53. The third-order valence-electron chi connectivity index (χ3n) is 6.67. The zero-order valence-electron chi connectivity index (χ0n) is 20.1. The fourth-order valence-electron chi connectivity index (χ4n) is 4.57. The maximum Gasteiger partial charge on any atom is 0.293 e. The Kier molecular flexibility index (Phi) is 7.38. The summed E-state index contributed by atoms with van der Waals surface area (Å²) in [6, 6.07) is 12.5. The van der Waals surface area contributed by atoms with Crippen molar-refractivity contribution in [3.63, 3.8) is 0 Å². The molecular weight excluding hydrogens is 497 g/mol. The molecule has 0 aromatic heterocycles. The summed E-state index contributed by atoms with van der Waals surface area (Å²) in [5, 5.41) is -0.385. The van der Waals surface area contributed by atoms with Crippen LogP contribution in [-0.2, 0) is 20.9 Å². The molecule has 10 heteroatoms. The van der Waals surface area contributed by atoms with E-state index in [-0.39, 0.29) is 35.5 Å². The van der Waals surface area contributed by atoms with Crippen LogP contribution in [0.3, 0.4) is 0 Å². The van der Waals surface area contributed by atoms with Gasteiger partial charge >= 0.3 is 0 Å². The Morgan fingerprint density at radius 3 is 2.30 bits per heavy atom. The molecule has 0 radical (unpaired) electrons. The van der Waals surface area contributed by atoms with Gasteiger partial charge in [-0.25, -0.2) is 4.39 Å². The SMILES string of the molecule is O=C(c1ccc(/C=C2\SC(=O)N(Cc3ccc(F)cc3)C2=O)cc1)N1CCN(C(=O)C2CCCO2)CC1. The highest BCUT2D eigenvalue weighted by atomic mass is 32.2. The Bertz CT molecular complexity index is 1230. The van der Waals surface area contributed by atoms with E-state index in [9.17, 15) is 23.6 Å². The number of amides is 4. The third kappa shape index (κ3) is 5.60. The minimum atomic E-state index is -0.408. The number of imide groups is 1. The number of ether oxygens (including phenoxy) is 1. The third-order valence-corrected chi connectivity index (χ3v) is 7.57. The normalized spacial score (nSPS) is 21.3. The Labute approximate surface area is 218 Å². The van der Waals surface area contributed by atoms with E-state index in [0.717, 1.165) is 29.5 Å². The van der Waals surface area contributed by atoms with Crippen LogP contribution in [0.5, 0.6) is 0 Å². The Balaban J connectivity index is 1.18. The highest BCUT2D eigenvalue weighted by molar-refractivity contribution is 8.18. The smallest absolute Gasteiger partial charge is 0.293 e. The van der Waals surface area contributed by atoms with E-state index < -0.39 is 5.91 Å². The van der Waals surface area contributed by atoms with Crippen molar-refractivity contribution in [2.24, 2.45) is 0 Å². The quantitative estimate of drug-likeness (QED) is 0.558. The highest BCUT2D eigenvalue weighted by Gasteiger charge is 2.35. The van der Waals surface area contributed by atoms with Crippen molar-refractivity contribution in [1.29, 1.82) is 0 Å². The lowest BCUT2D eigenvalue weighted by Crippen LogP contribution is -2.52. The number of piperazine rings is 1. The van der Waals surface area contributed by atoms with Crippen molar-refractivity contribution in [2.45, 2.75) is 25.5 Å². The average molecular weight is 524 g/mol. The largest absolute Gasteiger partial charge is 0.368 e. The second kappa shape index (κ2) is 10.9. The number of carbonyl (C=O) groups excluding carboxylic acids is 4. The first-order chi connectivity index (χ1) is 17.9. The molecule has 8 nitrogen and oxygen atoms in total. The minimum absolute atomic E-state index is 0.0102. The molecule has 2 aromatic carbocycles. The number of rotatable bonds is 5. The summed E-state index contributed by atoms with van der Waals surface area (Å²) in [5.74, 6) is -0.896. The molecule has 37 heavy (non-hydrogen) atoms. The van der Waals surface area contributed by atoms with Crippen LogP contribution in [0.4, 0.5) is 9.18 Å². The molecule has 2 aromatic rings. The molecule has 0 N–H and O–H groups in total. The fourth-order valence-corrected chi connectivity index (χ4v) is 5.41. The van der Waals surface area contributed by atoms with Gasteiger partial charge < -0.3 is 14.5 Å². The number of nitrogens with zero attached hydrogens (tertiary/aromatic N) is 3. The molecule has 3 fully saturated rings. The van der Waals surface area contributed by atoms with Gasteiger partial charge in [0.15, 0.2) is 0 Å². The number of benzene rings is 2. The van der Waals surface area contributed by atoms with Crippen molar-refractivity contribution in [3.8, 4) is 0 Å². The van der Waals surface area contributed by atoms with Gasteiger partial charge in [0, 0.05) is 38.3 Å². The molecule has 3 aliphatic rings. The van der Waals surface area contributed by atoms with Gasteiger partial charge in [-0.1, -0.05) is 24.3 Å². The Morgan fingerprint density at radius 1 is 0.973 bits per heavy atom. The molecule has 5 rings (SSSR count). The molecular formula is C27H26FN3O5S. The molecule has 0 bridgehead atoms. The first-order valence-corrected chi connectivity index (χ1v) is 13.0. The van der Waals surface area contributed by atoms with Gasteiger partial charge in [-0.2, -0.15) is 0 Å². The van der Waals surface area contributed by atoms with Gasteiger partial charge in [0.25, 0.3) is 23.0 Å². The second-order valence-electron chi connectivity index (χ2n) is 9.14. The molecule has 1 atom stereocenters. The van der Waals surface area contributed by atoms with Crippen molar-refractivity contribution >= 4 is 40.8 Å². The maximum atomic E-state index is 13.1. The summed E-state index contributed by atoms with van der Waals surface area (Å²) >= 11 is 0.852. The summed E-state index contributed by atoms with van der Waals surface area (Å²) in [6.45, 7) is 2.58. The molecule has 1 unspecified atom stereocenters. The van der Waals surface area contributed by atoms with E-state index in [1.54, 1.807) is 52.3 Å². The molecule has 3 heterocycles. The van der Waals surface area contributed by atoms with Crippen molar-refractivity contribution in [1.82, 2.24) is 14.7 Å². The standard InChI is InChI=1S/C27H26FN3O5S/c28-21-9-5-19(6-10-21)17-31-26(34)23(37-27(31)35)16-18-3-7-20(8-4-18)24(32)29-11-13-30(14-12-29)25(33)22-2-1-15-36-22/h3-10,16,22H,1-2,11-15,17H2/b23-16-. The number of halogens is 1. The Morgan fingerprint density at radius 2 is 1.65 bits per heavy atom. The lowest BCUT2D eigenvalue weighted by Gasteiger charge is -2.35. The monoisotopic (exact) mass is 523 g/mol. The fraction of sp³-hybridized carbons (Fsp3) is 0.333. The molecule has 192 valence electrons. The Hall–Kier alpha value is -3.50. The van der Waals surface area contributed by atoms with Gasteiger partial charge in [0.1, 0.15) is 11.9 Å². The van der Waals surface area contributed by atoms with E-state index in [1.807, 2.05) is 0 Å². The lowest BCUT2D eigenvalue weighted by molar-refractivity contribution is -0.142. The highest BCUT2D eigenvalue weighted by Crippen LogP contribution is 2.33. The zero-order valence-corrected chi connectivity index (χ0v) is 20.9. The van der Waals surface area contributed by atoms with Crippen LogP contribution in [0, 0.1) is 5.82 Å². The first kappa shape index (κ1) is 25.2. The van der Waals surface area contributed by atoms with E-state index in [1.165, 1.54) is 12.1 Å². The van der Waals surface area contributed by atoms with Gasteiger partial charge in [-0.3, -0.25) is 24.1 Å². The summed E-state index contributed by atoms with van der Waals surface area (Å²) in [6.07, 6.45) is 2.93. The van der Waals surface area contributed by atoms with Crippen molar-refractivity contribution < 1.29 is 28.3 Å². The molecule has 0 spiro atoms. The van der Waals surface area contributed by atoms with Crippen LogP contribution in [0.1, 0.15) is 34.3 Å². The number of hydrogen-bond acceptors (Lipinski definition) is 6. The van der Waals surface area contributed by atoms with Crippen molar-refractivity contribution in [3.05, 3.63) is 75.9 Å². The van der Waals surface area contributed by atoms with Crippen LogP contribution in [0.15, 0.2) is 53.4 Å². The summed E-state index contributed by atoms with van der Waals surface area (Å²) in [4.78, 5) is 55.6. The molecule has 3 aliphatic heterocycles. The summed E-state index contributed by atoms with van der Waals surface area (Å²) < 4.78 is 18.6. The van der Waals surface area contributed by atoms with Crippen molar-refractivity contribution in [2.75, 3.05) is 32.8 Å². The molecule has 0 saturated carbocycles. The molecule has 3 saturated heterocycles. The minimum Gasteiger partial charge on any atom is -0.368 e. The van der Waals surface area contributed by atoms with Crippen LogP contribution in [0.2, 0.25) is 0 Å². The number of thioether (sulfide) groups is 1. The lowest BCUT2D eigenvalue weighted by atomic mass is 10.1. The first-order valence-electron chi connectivity index (χ1n) is 12.2. The van der Waals surface area contributed by atoms with E-state index >= 15 is 0 Å². The second-order valence-corrected chi connectivity index (χ2v) is 10.1. The van der Waals surface area contributed by atoms with Crippen LogP contribution >= 0.6 is 11.8 Å². The average Bonchev–Trinajstić information content (AvgIpc) is 3.55. The number of carbonyl (C=O) groups is 4. The topological polar surface area (TPSA) is 87.2 Å². The van der Waals surface area contributed by atoms with E-state index in [0.29, 0.717) is 54.4 Å². The molecule has 0 aliphatic carbocycles. The van der Waals surface area contributed by atoms with Gasteiger partial charge in [0.05, 0.1) is 11.4 Å². The van der Waals surface area contributed by atoms with Gasteiger partial charge in [-0.15, -0.1) is 0 Å². The van der Waals surface area contributed by atoms with E-state index in [4.69, 9.17) is 4.74 Å². The number of hydrogen-bond donors (Lipinski definition) is 0.